The number of rotatable bonds is 5. The molecule has 4 aromatic rings. The molecule has 2 fully saturated rings. The number of nitrogens with one attached hydrogen (secondary N) is 2. The molecule has 5 heterocycles. The number of hydrogen-bond donors (Lipinski definition) is 2. The van der Waals surface area contributed by atoms with Crippen molar-refractivity contribution in [2.24, 2.45) is 0 Å². The lowest BCUT2D eigenvalue weighted by molar-refractivity contribution is 0.122. The van der Waals surface area contributed by atoms with Crippen LogP contribution in [0.2, 0.25) is 0 Å². The molecule has 0 spiro atoms. The SMILES string of the molecule is c1nc2nc(-c3ccc(N4CCOCC4)nc3)nc(Nc3ccc(N4CCOCC4)cc3)c2[nH]1. The van der Waals surface area contributed by atoms with E-state index in [1.807, 2.05) is 18.3 Å². The molecule has 6 rings (SSSR count). The number of pyridine rings is 1. The fourth-order valence-electron chi connectivity index (χ4n) is 4.26. The van der Waals surface area contributed by atoms with Crippen molar-refractivity contribution in [3.63, 3.8) is 0 Å². The van der Waals surface area contributed by atoms with Crippen LogP contribution in [0.15, 0.2) is 48.9 Å². The number of hydrogen-bond acceptors (Lipinski definition) is 9. The summed E-state index contributed by atoms with van der Waals surface area (Å²) in [5, 5.41) is 3.43. The summed E-state index contributed by atoms with van der Waals surface area (Å²) in [5.74, 6) is 2.19. The minimum atomic E-state index is 0.577. The number of benzene rings is 1. The summed E-state index contributed by atoms with van der Waals surface area (Å²) < 4.78 is 10.9. The quantitative estimate of drug-likeness (QED) is 0.467. The van der Waals surface area contributed by atoms with E-state index in [1.165, 1.54) is 5.69 Å². The summed E-state index contributed by atoms with van der Waals surface area (Å²) in [6.07, 6.45) is 3.45. The van der Waals surface area contributed by atoms with Gasteiger partial charge in [-0.1, -0.05) is 0 Å². The summed E-state index contributed by atoms with van der Waals surface area (Å²) >= 11 is 0. The predicted octanol–water partition coefficient (Wildman–Crippen LogP) is 2.83. The lowest BCUT2D eigenvalue weighted by atomic mass is 10.2. The maximum Gasteiger partial charge on any atom is 0.183 e. The highest BCUT2D eigenvalue weighted by atomic mass is 16.5. The average Bonchev–Trinajstić information content (AvgIpc) is 3.40. The predicted molar refractivity (Wildman–Crippen MR) is 131 cm³/mol. The van der Waals surface area contributed by atoms with Crippen LogP contribution in [-0.4, -0.2) is 77.5 Å². The molecule has 0 atom stereocenters. The van der Waals surface area contributed by atoms with Gasteiger partial charge in [0.2, 0.25) is 0 Å². The van der Waals surface area contributed by atoms with E-state index in [1.54, 1.807) is 6.33 Å². The third kappa shape index (κ3) is 4.25. The van der Waals surface area contributed by atoms with Crippen LogP contribution in [0.25, 0.3) is 22.6 Å². The van der Waals surface area contributed by atoms with E-state index in [9.17, 15) is 0 Å². The van der Waals surface area contributed by atoms with Crippen molar-refractivity contribution in [1.82, 2.24) is 24.9 Å². The van der Waals surface area contributed by atoms with Crippen molar-refractivity contribution in [2.45, 2.75) is 0 Å². The first-order valence-electron chi connectivity index (χ1n) is 11.5. The lowest BCUT2D eigenvalue weighted by Crippen LogP contribution is -2.36. The van der Waals surface area contributed by atoms with Crippen molar-refractivity contribution in [2.75, 3.05) is 67.7 Å². The van der Waals surface area contributed by atoms with Crippen LogP contribution >= 0.6 is 0 Å². The van der Waals surface area contributed by atoms with Crippen LogP contribution in [0.3, 0.4) is 0 Å². The van der Waals surface area contributed by atoms with Gasteiger partial charge in [0.25, 0.3) is 0 Å². The zero-order valence-corrected chi connectivity index (χ0v) is 18.8. The molecule has 34 heavy (non-hydrogen) atoms. The molecule has 174 valence electrons. The van der Waals surface area contributed by atoms with E-state index >= 15 is 0 Å². The molecule has 0 amide bonds. The number of aromatic amines is 1. The molecule has 2 N–H and O–H groups in total. The van der Waals surface area contributed by atoms with Crippen molar-refractivity contribution in [3.05, 3.63) is 48.9 Å². The van der Waals surface area contributed by atoms with Gasteiger partial charge in [-0.2, -0.15) is 0 Å². The lowest BCUT2D eigenvalue weighted by Gasteiger charge is -2.28. The van der Waals surface area contributed by atoms with Gasteiger partial charge >= 0.3 is 0 Å². The van der Waals surface area contributed by atoms with Crippen LogP contribution in [0.1, 0.15) is 0 Å². The highest BCUT2D eigenvalue weighted by molar-refractivity contribution is 5.86. The van der Waals surface area contributed by atoms with E-state index in [2.05, 4.69) is 59.3 Å². The number of aromatic nitrogens is 5. The Morgan fingerprint density at radius 2 is 1.53 bits per heavy atom. The van der Waals surface area contributed by atoms with Crippen LogP contribution in [0.4, 0.5) is 23.0 Å². The standard InChI is InChI=1S/C24H26N8O2/c1-6-20(32-9-13-34-14-10-32)25-15-17(1)22-29-23-21(26-16-27-23)24(30-22)28-18-2-4-19(5-3-18)31-7-11-33-12-8-31/h1-6,15-16H,7-14H2,(H2,26,27,28,29,30). The third-order valence-electron chi connectivity index (χ3n) is 6.13. The number of H-pyrrole nitrogens is 1. The maximum absolute atomic E-state index is 5.45. The van der Waals surface area contributed by atoms with Gasteiger partial charge in [-0.15, -0.1) is 0 Å². The normalized spacial score (nSPS) is 16.7. The minimum Gasteiger partial charge on any atom is -0.378 e. The van der Waals surface area contributed by atoms with Gasteiger partial charge in [-0.3, -0.25) is 0 Å². The smallest absolute Gasteiger partial charge is 0.183 e. The fourth-order valence-corrected chi connectivity index (χ4v) is 4.26. The number of imidazole rings is 1. The van der Waals surface area contributed by atoms with Crippen molar-refractivity contribution < 1.29 is 9.47 Å². The fraction of sp³-hybridized carbons (Fsp3) is 0.333. The van der Waals surface area contributed by atoms with Gasteiger partial charge in [0.15, 0.2) is 17.3 Å². The monoisotopic (exact) mass is 458 g/mol. The highest BCUT2D eigenvalue weighted by Crippen LogP contribution is 2.27. The second kappa shape index (κ2) is 9.24. The van der Waals surface area contributed by atoms with E-state index in [4.69, 9.17) is 14.5 Å². The summed E-state index contributed by atoms with van der Waals surface area (Å²) in [6.45, 7) is 6.51. The van der Waals surface area contributed by atoms with Crippen LogP contribution < -0.4 is 15.1 Å². The van der Waals surface area contributed by atoms with Crippen molar-refractivity contribution >= 4 is 34.2 Å². The number of fused-ring (bicyclic) bond motifs is 1. The summed E-state index contributed by atoms with van der Waals surface area (Å²) in [4.78, 5) is 26.1. The molecule has 2 saturated heterocycles. The molecule has 0 saturated carbocycles. The minimum absolute atomic E-state index is 0.577. The Labute approximate surface area is 197 Å². The molecule has 0 radical (unpaired) electrons. The Morgan fingerprint density at radius 1 is 0.794 bits per heavy atom. The Kier molecular flexibility index (Phi) is 5.66. The van der Waals surface area contributed by atoms with E-state index in [0.29, 0.717) is 17.3 Å². The first-order chi connectivity index (χ1) is 16.8. The molecule has 0 unspecified atom stereocenters. The molecule has 2 aliphatic rings. The van der Waals surface area contributed by atoms with Crippen molar-refractivity contribution in [3.8, 4) is 11.4 Å². The number of nitrogens with zero attached hydrogens (tertiary/aromatic N) is 6. The number of ether oxygens (including phenoxy) is 2. The summed E-state index contributed by atoms with van der Waals surface area (Å²) in [5.41, 5.74) is 4.34. The van der Waals surface area contributed by atoms with Gasteiger partial charge in [-0.25, -0.2) is 19.9 Å². The second-order valence-electron chi connectivity index (χ2n) is 8.27. The molecule has 10 heteroatoms. The van der Waals surface area contributed by atoms with Crippen LogP contribution in [0.5, 0.6) is 0 Å². The maximum atomic E-state index is 5.45. The number of anilines is 4. The van der Waals surface area contributed by atoms with E-state index in [-0.39, 0.29) is 0 Å². The molecule has 1 aromatic carbocycles. The summed E-state index contributed by atoms with van der Waals surface area (Å²) in [6, 6.07) is 12.4. The highest BCUT2D eigenvalue weighted by Gasteiger charge is 2.16. The van der Waals surface area contributed by atoms with Gasteiger partial charge in [0.05, 0.1) is 32.8 Å². The molecular weight excluding hydrogens is 432 g/mol. The first-order valence-corrected chi connectivity index (χ1v) is 11.5. The summed E-state index contributed by atoms with van der Waals surface area (Å²) in [7, 11) is 0. The van der Waals surface area contributed by atoms with Gasteiger partial charge in [0, 0.05) is 49.3 Å². The Balaban J connectivity index is 1.25. The largest absolute Gasteiger partial charge is 0.378 e. The van der Waals surface area contributed by atoms with E-state index in [0.717, 1.165) is 75.2 Å². The van der Waals surface area contributed by atoms with Gasteiger partial charge in [0.1, 0.15) is 11.3 Å². The average molecular weight is 459 g/mol. The Morgan fingerprint density at radius 3 is 2.24 bits per heavy atom. The molecule has 2 aliphatic heterocycles. The molecular formula is C24H26N8O2. The Bertz CT molecular complexity index is 1250. The molecule has 0 bridgehead atoms. The van der Waals surface area contributed by atoms with Crippen LogP contribution in [-0.2, 0) is 9.47 Å². The molecule has 0 aliphatic carbocycles. The van der Waals surface area contributed by atoms with Gasteiger partial charge < -0.3 is 29.6 Å². The third-order valence-corrected chi connectivity index (χ3v) is 6.13. The molecule has 10 nitrogen and oxygen atoms in total. The van der Waals surface area contributed by atoms with Crippen molar-refractivity contribution in [1.29, 1.82) is 0 Å². The Hall–Kier alpha value is -3.76. The van der Waals surface area contributed by atoms with E-state index < -0.39 is 0 Å². The number of morpholine rings is 2. The zero-order valence-electron chi connectivity index (χ0n) is 18.8. The molecule has 3 aromatic heterocycles. The van der Waals surface area contributed by atoms with Gasteiger partial charge in [-0.05, 0) is 36.4 Å². The zero-order chi connectivity index (χ0) is 22.7. The first kappa shape index (κ1) is 20.8. The topological polar surface area (TPSA) is 104 Å². The second-order valence-corrected chi connectivity index (χ2v) is 8.27. The van der Waals surface area contributed by atoms with Crippen LogP contribution in [0, 0.1) is 0 Å².